The minimum absolute atomic E-state index is 0.107. The smallest absolute Gasteiger partial charge is 0.243 e. The van der Waals surface area contributed by atoms with Gasteiger partial charge in [0.05, 0.1) is 0 Å². The molecule has 0 saturated carbocycles. The van der Waals surface area contributed by atoms with Crippen molar-refractivity contribution in [1.29, 1.82) is 0 Å². The number of halogens is 1. The molecule has 0 fully saturated rings. The largest absolute Gasteiger partial charge is 0.368 e. The first kappa shape index (κ1) is 19.6. The van der Waals surface area contributed by atoms with Crippen molar-refractivity contribution in [2.24, 2.45) is 11.7 Å². The van der Waals surface area contributed by atoms with Crippen LogP contribution in [0.15, 0.2) is 24.3 Å². The maximum Gasteiger partial charge on any atom is 0.243 e. The molecule has 1 aromatic carbocycles. The van der Waals surface area contributed by atoms with Gasteiger partial charge in [0.15, 0.2) is 0 Å². The third-order valence-electron chi connectivity index (χ3n) is 3.39. The highest BCUT2D eigenvalue weighted by Crippen LogP contribution is 2.09. The van der Waals surface area contributed by atoms with Crippen LogP contribution in [-0.2, 0) is 20.8 Å². The van der Waals surface area contributed by atoms with Crippen LogP contribution in [0, 0.1) is 11.7 Å². The third kappa shape index (κ3) is 6.76. The van der Waals surface area contributed by atoms with Crippen LogP contribution in [0.2, 0.25) is 0 Å². The topological polar surface area (TPSA) is 101 Å². The van der Waals surface area contributed by atoms with Crippen molar-refractivity contribution in [3.8, 4) is 0 Å². The molecule has 0 heterocycles. The van der Waals surface area contributed by atoms with Crippen LogP contribution in [0.5, 0.6) is 0 Å². The number of hydrogen-bond donors (Lipinski definition) is 3. The number of nitrogens with one attached hydrogen (secondary N) is 2. The van der Waals surface area contributed by atoms with Gasteiger partial charge in [-0.25, -0.2) is 4.39 Å². The molecular formula is C17H24FN3O3. The molecule has 3 amide bonds. The highest BCUT2D eigenvalue weighted by atomic mass is 19.1. The monoisotopic (exact) mass is 337 g/mol. The van der Waals surface area contributed by atoms with Gasteiger partial charge in [0.25, 0.3) is 0 Å². The molecule has 7 heteroatoms. The standard InChI is InChI=1S/C17H24FN3O3/c1-10(2)7-14(16(19)23)21-17(24)15(20-11(3)22)9-12-5-4-6-13(18)8-12/h4-6,8,10,14-15H,7,9H2,1-3H3,(H2,19,23)(H,20,22)(H,21,24)/t14-,15-/m0/s1. The van der Waals surface area contributed by atoms with Crippen molar-refractivity contribution in [2.45, 2.75) is 45.7 Å². The number of benzene rings is 1. The van der Waals surface area contributed by atoms with Crippen LogP contribution in [0.3, 0.4) is 0 Å². The van der Waals surface area contributed by atoms with Gasteiger partial charge in [0.1, 0.15) is 17.9 Å². The van der Waals surface area contributed by atoms with Crippen molar-refractivity contribution in [3.05, 3.63) is 35.6 Å². The van der Waals surface area contributed by atoms with E-state index in [1.54, 1.807) is 6.07 Å². The number of nitrogens with two attached hydrogens (primary N) is 1. The molecule has 0 spiro atoms. The van der Waals surface area contributed by atoms with Crippen LogP contribution < -0.4 is 16.4 Å². The number of amides is 3. The van der Waals surface area contributed by atoms with E-state index in [9.17, 15) is 18.8 Å². The molecule has 0 aliphatic carbocycles. The van der Waals surface area contributed by atoms with E-state index in [1.165, 1.54) is 25.1 Å². The fraction of sp³-hybridized carbons (Fsp3) is 0.471. The first-order chi connectivity index (χ1) is 11.2. The summed E-state index contributed by atoms with van der Waals surface area (Å²) in [6.07, 6.45) is 0.504. The van der Waals surface area contributed by atoms with Crippen molar-refractivity contribution < 1.29 is 18.8 Å². The van der Waals surface area contributed by atoms with Crippen LogP contribution in [0.25, 0.3) is 0 Å². The average Bonchev–Trinajstić information content (AvgIpc) is 2.44. The van der Waals surface area contributed by atoms with Crippen LogP contribution in [-0.4, -0.2) is 29.8 Å². The van der Waals surface area contributed by atoms with E-state index in [1.807, 2.05) is 13.8 Å². The molecule has 2 atom stereocenters. The van der Waals surface area contributed by atoms with Crippen molar-refractivity contribution >= 4 is 17.7 Å². The van der Waals surface area contributed by atoms with Crippen molar-refractivity contribution in [3.63, 3.8) is 0 Å². The molecule has 1 rings (SSSR count). The summed E-state index contributed by atoms with van der Waals surface area (Å²) in [5.74, 6) is -1.83. The SMILES string of the molecule is CC(=O)N[C@@H](Cc1cccc(F)c1)C(=O)N[C@@H](CC(C)C)C(N)=O. The molecule has 132 valence electrons. The Morgan fingerprint density at radius 1 is 1.17 bits per heavy atom. The maximum absolute atomic E-state index is 13.3. The quantitative estimate of drug-likeness (QED) is 0.656. The second-order valence-corrected chi connectivity index (χ2v) is 6.18. The van der Waals surface area contributed by atoms with E-state index in [-0.39, 0.29) is 12.3 Å². The summed E-state index contributed by atoms with van der Waals surface area (Å²) in [4.78, 5) is 35.3. The zero-order valence-electron chi connectivity index (χ0n) is 14.1. The summed E-state index contributed by atoms with van der Waals surface area (Å²) < 4.78 is 13.3. The summed E-state index contributed by atoms with van der Waals surface area (Å²) >= 11 is 0. The third-order valence-corrected chi connectivity index (χ3v) is 3.39. The molecule has 6 nitrogen and oxygen atoms in total. The summed E-state index contributed by atoms with van der Waals surface area (Å²) in [6, 6.07) is 4.04. The predicted octanol–water partition coefficient (Wildman–Crippen LogP) is 0.889. The summed E-state index contributed by atoms with van der Waals surface area (Å²) in [5, 5.41) is 5.09. The molecule has 0 aliphatic heterocycles. The lowest BCUT2D eigenvalue weighted by Crippen LogP contribution is -2.53. The predicted molar refractivity (Wildman–Crippen MR) is 88.3 cm³/mol. The highest BCUT2D eigenvalue weighted by Gasteiger charge is 2.25. The maximum atomic E-state index is 13.3. The van der Waals surface area contributed by atoms with Gasteiger partial charge < -0.3 is 16.4 Å². The zero-order valence-corrected chi connectivity index (χ0v) is 14.1. The zero-order chi connectivity index (χ0) is 18.3. The number of primary amides is 1. The van der Waals surface area contributed by atoms with Crippen LogP contribution in [0.4, 0.5) is 4.39 Å². The fourth-order valence-electron chi connectivity index (χ4n) is 2.34. The first-order valence-electron chi connectivity index (χ1n) is 7.80. The van der Waals surface area contributed by atoms with Gasteiger partial charge in [-0.15, -0.1) is 0 Å². The average molecular weight is 337 g/mol. The molecular weight excluding hydrogens is 313 g/mol. The molecule has 4 N–H and O–H groups in total. The van der Waals surface area contributed by atoms with Gasteiger partial charge in [-0.2, -0.15) is 0 Å². The Balaban J connectivity index is 2.87. The lowest BCUT2D eigenvalue weighted by atomic mass is 10.0. The van der Waals surface area contributed by atoms with Gasteiger partial charge in [-0.3, -0.25) is 14.4 Å². The Hall–Kier alpha value is -2.44. The number of carbonyl (C=O) groups is 3. The molecule has 0 radical (unpaired) electrons. The minimum atomic E-state index is -0.918. The molecule has 0 aliphatic rings. The molecule has 0 saturated heterocycles. The molecule has 0 unspecified atom stereocenters. The Morgan fingerprint density at radius 2 is 1.83 bits per heavy atom. The summed E-state index contributed by atoms with van der Waals surface area (Å²) in [6.45, 7) is 5.09. The van der Waals surface area contributed by atoms with Crippen LogP contribution >= 0.6 is 0 Å². The summed E-state index contributed by atoms with van der Waals surface area (Å²) in [7, 11) is 0. The second-order valence-electron chi connectivity index (χ2n) is 6.18. The highest BCUT2D eigenvalue weighted by molar-refractivity contribution is 5.91. The molecule has 24 heavy (non-hydrogen) atoms. The summed E-state index contributed by atoms with van der Waals surface area (Å²) in [5.41, 5.74) is 5.88. The molecule has 0 aromatic heterocycles. The molecule has 1 aromatic rings. The number of hydrogen-bond acceptors (Lipinski definition) is 3. The van der Waals surface area contributed by atoms with E-state index in [0.29, 0.717) is 12.0 Å². The Bertz CT molecular complexity index is 604. The Kier molecular flexibility index (Phi) is 7.35. The van der Waals surface area contributed by atoms with Gasteiger partial charge in [-0.05, 0) is 30.0 Å². The van der Waals surface area contributed by atoms with E-state index >= 15 is 0 Å². The number of rotatable bonds is 8. The van der Waals surface area contributed by atoms with Gasteiger partial charge in [-0.1, -0.05) is 26.0 Å². The normalized spacial score (nSPS) is 13.2. The van der Waals surface area contributed by atoms with Crippen molar-refractivity contribution in [1.82, 2.24) is 10.6 Å². The lowest BCUT2D eigenvalue weighted by Gasteiger charge is -2.22. The molecule has 0 bridgehead atoms. The number of carbonyl (C=O) groups excluding carboxylic acids is 3. The minimum Gasteiger partial charge on any atom is -0.368 e. The second kappa shape index (κ2) is 9.00. The van der Waals surface area contributed by atoms with Gasteiger partial charge >= 0.3 is 0 Å². The Labute approximate surface area is 141 Å². The van der Waals surface area contributed by atoms with E-state index < -0.39 is 35.6 Å². The van der Waals surface area contributed by atoms with E-state index in [4.69, 9.17) is 5.73 Å². The van der Waals surface area contributed by atoms with Gasteiger partial charge in [0, 0.05) is 13.3 Å². The van der Waals surface area contributed by atoms with Crippen molar-refractivity contribution in [2.75, 3.05) is 0 Å². The fourth-order valence-corrected chi connectivity index (χ4v) is 2.34. The Morgan fingerprint density at radius 3 is 2.33 bits per heavy atom. The van der Waals surface area contributed by atoms with Gasteiger partial charge in [0.2, 0.25) is 17.7 Å². The lowest BCUT2D eigenvalue weighted by molar-refractivity contribution is -0.131. The van der Waals surface area contributed by atoms with E-state index in [2.05, 4.69) is 10.6 Å². The van der Waals surface area contributed by atoms with E-state index in [0.717, 1.165) is 0 Å². The van der Waals surface area contributed by atoms with Crippen LogP contribution in [0.1, 0.15) is 32.8 Å². The first-order valence-corrected chi connectivity index (χ1v) is 7.80.